The Kier molecular flexibility index (Phi) is 4.16. The van der Waals surface area contributed by atoms with Crippen LogP contribution >= 0.6 is 0 Å². The molecule has 0 radical (unpaired) electrons. The van der Waals surface area contributed by atoms with E-state index in [-0.39, 0.29) is 17.9 Å². The Balaban J connectivity index is 2.15. The van der Waals surface area contributed by atoms with Crippen LogP contribution in [0, 0.1) is 23.0 Å². The Labute approximate surface area is 115 Å². The summed E-state index contributed by atoms with van der Waals surface area (Å²) in [5.74, 6) is -0.895. The molecule has 20 heavy (non-hydrogen) atoms. The number of methoxy groups -OCH3 is 1. The van der Waals surface area contributed by atoms with Crippen LogP contribution in [0.2, 0.25) is 0 Å². The van der Waals surface area contributed by atoms with E-state index in [2.05, 4.69) is 5.32 Å². The Bertz CT molecular complexity index is 665. The monoisotopic (exact) mass is 274 g/mol. The molecule has 0 saturated heterocycles. The van der Waals surface area contributed by atoms with Crippen molar-refractivity contribution < 1.29 is 13.5 Å². The van der Waals surface area contributed by atoms with E-state index in [0.717, 1.165) is 0 Å². The van der Waals surface area contributed by atoms with Crippen LogP contribution in [0.25, 0.3) is 0 Å². The first-order chi connectivity index (χ1) is 9.65. The van der Waals surface area contributed by atoms with Gasteiger partial charge in [0.15, 0.2) is 11.6 Å². The lowest BCUT2D eigenvalue weighted by Crippen LogP contribution is -2.03. The Morgan fingerprint density at radius 2 is 2.05 bits per heavy atom. The third-order valence-electron chi connectivity index (χ3n) is 2.83. The van der Waals surface area contributed by atoms with Crippen LogP contribution in [0.5, 0.6) is 5.75 Å². The molecule has 0 spiro atoms. The molecule has 2 aromatic rings. The number of anilines is 1. The molecule has 3 nitrogen and oxygen atoms in total. The highest BCUT2D eigenvalue weighted by molar-refractivity contribution is 5.49. The number of benzene rings is 2. The van der Waals surface area contributed by atoms with Gasteiger partial charge < -0.3 is 10.1 Å². The smallest absolute Gasteiger partial charge is 0.165 e. The zero-order chi connectivity index (χ0) is 14.5. The van der Waals surface area contributed by atoms with E-state index < -0.39 is 11.6 Å². The molecule has 0 atom stereocenters. The normalized spacial score (nSPS) is 9.90. The van der Waals surface area contributed by atoms with Crippen LogP contribution in [-0.4, -0.2) is 7.11 Å². The molecule has 0 unspecified atom stereocenters. The van der Waals surface area contributed by atoms with Crippen LogP contribution < -0.4 is 10.1 Å². The second kappa shape index (κ2) is 6.02. The molecule has 0 aliphatic rings. The first-order valence-corrected chi connectivity index (χ1v) is 5.90. The van der Waals surface area contributed by atoms with Crippen molar-refractivity contribution in [1.82, 2.24) is 0 Å². The number of hydrogen-bond acceptors (Lipinski definition) is 3. The third kappa shape index (κ3) is 2.86. The highest BCUT2D eigenvalue weighted by atomic mass is 19.1. The molecule has 0 heterocycles. The maximum Gasteiger partial charge on any atom is 0.165 e. The maximum absolute atomic E-state index is 13.8. The molecule has 0 amide bonds. The van der Waals surface area contributed by atoms with E-state index >= 15 is 0 Å². The highest BCUT2D eigenvalue weighted by Crippen LogP contribution is 2.22. The summed E-state index contributed by atoms with van der Waals surface area (Å²) in [7, 11) is 1.37. The number of nitrogens with one attached hydrogen (secondary N) is 1. The van der Waals surface area contributed by atoms with Gasteiger partial charge >= 0.3 is 0 Å². The van der Waals surface area contributed by atoms with Gasteiger partial charge in [-0.25, -0.2) is 8.78 Å². The summed E-state index contributed by atoms with van der Waals surface area (Å²) in [6.07, 6.45) is 0. The first kappa shape index (κ1) is 13.8. The highest BCUT2D eigenvalue weighted by Gasteiger charge is 2.08. The van der Waals surface area contributed by atoms with Crippen LogP contribution in [0.15, 0.2) is 36.4 Å². The van der Waals surface area contributed by atoms with Gasteiger partial charge in [0.25, 0.3) is 0 Å². The van der Waals surface area contributed by atoms with E-state index in [1.165, 1.54) is 31.4 Å². The number of nitrogens with zero attached hydrogens (tertiary/aromatic N) is 1. The molecule has 0 fully saturated rings. The molecular formula is C15H12F2N2O. The molecule has 1 N–H and O–H groups in total. The number of hydrogen-bond donors (Lipinski definition) is 1. The molecule has 0 aromatic heterocycles. The largest absolute Gasteiger partial charge is 0.494 e. The van der Waals surface area contributed by atoms with Gasteiger partial charge in [0.1, 0.15) is 11.9 Å². The van der Waals surface area contributed by atoms with Gasteiger partial charge in [0.05, 0.1) is 12.7 Å². The molecule has 5 heteroatoms. The summed E-state index contributed by atoms with van der Waals surface area (Å²) < 4.78 is 32.0. The lowest BCUT2D eigenvalue weighted by molar-refractivity contribution is 0.387. The van der Waals surface area contributed by atoms with E-state index in [1.54, 1.807) is 18.2 Å². The fraction of sp³-hybridized carbons (Fsp3) is 0.133. The molecule has 0 aliphatic carbocycles. The molecule has 0 aliphatic heterocycles. The van der Waals surface area contributed by atoms with Crippen LogP contribution in [0.1, 0.15) is 11.1 Å². The van der Waals surface area contributed by atoms with Gasteiger partial charge in [-0.2, -0.15) is 5.26 Å². The molecule has 0 saturated carbocycles. The molecular weight excluding hydrogens is 262 g/mol. The molecule has 102 valence electrons. The minimum absolute atomic E-state index is 0.000914. The quantitative estimate of drug-likeness (QED) is 0.928. The minimum Gasteiger partial charge on any atom is -0.494 e. The number of halogens is 2. The number of nitriles is 1. The van der Waals surface area contributed by atoms with Gasteiger partial charge in [0.2, 0.25) is 0 Å². The lowest BCUT2D eigenvalue weighted by atomic mass is 10.1. The molecule has 2 aromatic carbocycles. The standard InChI is InChI=1S/C15H12F2N2O/c1-20-14-7-12(5-6-13(14)16)19-9-11-4-2-3-10(8-18)15(11)17/h2-7,19H,9H2,1H3. The molecule has 0 bridgehead atoms. The van der Waals surface area contributed by atoms with Crippen molar-refractivity contribution in [2.75, 3.05) is 12.4 Å². The predicted molar refractivity (Wildman–Crippen MR) is 71.4 cm³/mol. The second-order valence-corrected chi connectivity index (χ2v) is 4.09. The van der Waals surface area contributed by atoms with Crippen LogP contribution in [0.4, 0.5) is 14.5 Å². The van der Waals surface area contributed by atoms with Gasteiger partial charge in [-0.05, 0) is 18.2 Å². The Morgan fingerprint density at radius 1 is 1.25 bits per heavy atom. The predicted octanol–water partition coefficient (Wildman–Crippen LogP) is 3.46. The zero-order valence-corrected chi connectivity index (χ0v) is 10.8. The van der Waals surface area contributed by atoms with E-state index in [0.29, 0.717) is 11.3 Å². The summed E-state index contributed by atoms with van der Waals surface area (Å²) >= 11 is 0. The summed E-state index contributed by atoms with van der Waals surface area (Å²) in [5.41, 5.74) is 0.971. The minimum atomic E-state index is -0.545. The van der Waals surface area contributed by atoms with Crippen molar-refractivity contribution in [3.05, 3.63) is 59.2 Å². The van der Waals surface area contributed by atoms with E-state index in [9.17, 15) is 8.78 Å². The van der Waals surface area contributed by atoms with Gasteiger partial charge in [-0.1, -0.05) is 12.1 Å². The Morgan fingerprint density at radius 3 is 2.75 bits per heavy atom. The lowest BCUT2D eigenvalue weighted by Gasteiger charge is -2.10. The summed E-state index contributed by atoms with van der Waals surface area (Å²) in [6, 6.07) is 10.7. The van der Waals surface area contributed by atoms with Crippen LogP contribution in [-0.2, 0) is 6.54 Å². The maximum atomic E-state index is 13.8. The van der Waals surface area contributed by atoms with Crippen molar-refractivity contribution in [1.29, 1.82) is 5.26 Å². The van der Waals surface area contributed by atoms with Crippen molar-refractivity contribution in [2.45, 2.75) is 6.54 Å². The average Bonchev–Trinajstić information content (AvgIpc) is 2.47. The topological polar surface area (TPSA) is 45.0 Å². The fourth-order valence-electron chi connectivity index (χ4n) is 1.77. The van der Waals surface area contributed by atoms with E-state index in [4.69, 9.17) is 10.00 Å². The van der Waals surface area contributed by atoms with Gasteiger partial charge in [-0.15, -0.1) is 0 Å². The van der Waals surface area contributed by atoms with Crippen molar-refractivity contribution in [2.24, 2.45) is 0 Å². The van der Waals surface area contributed by atoms with Gasteiger partial charge in [-0.3, -0.25) is 0 Å². The molecule has 2 rings (SSSR count). The SMILES string of the molecule is COc1cc(NCc2cccc(C#N)c2F)ccc1F. The summed E-state index contributed by atoms with van der Waals surface area (Å²) in [4.78, 5) is 0. The summed E-state index contributed by atoms with van der Waals surface area (Å²) in [5, 5.41) is 11.7. The van der Waals surface area contributed by atoms with Crippen LogP contribution in [0.3, 0.4) is 0 Å². The fourth-order valence-corrected chi connectivity index (χ4v) is 1.77. The van der Waals surface area contributed by atoms with Crippen molar-refractivity contribution in [3.63, 3.8) is 0 Å². The number of rotatable bonds is 4. The Hall–Kier alpha value is -2.61. The number of ether oxygens (including phenoxy) is 1. The first-order valence-electron chi connectivity index (χ1n) is 5.90. The third-order valence-corrected chi connectivity index (χ3v) is 2.83. The second-order valence-electron chi connectivity index (χ2n) is 4.09. The van der Waals surface area contributed by atoms with Crippen molar-refractivity contribution >= 4 is 5.69 Å². The van der Waals surface area contributed by atoms with E-state index in [1.807, 2.05) is 0 Å². The summed E-state index contributed by atoms with van der Waals surface area (Å²) in [6.45, 7) is 0.191. The van der Waals surface area contributed by atoms with Crippen molar-refractivity contribution in [3.8, 4) is 11.8 Å². The van der Waals surface area contributed by atoms with Gasteiger partial charge in [0, 0.05) is 23.9 Å². The zero-order valence-electron chi connectivity index (χ0n) is 10.8. The average molecular weight is 274 g/mol.